The number of sulfone groups is 1. The first-order chi connectivity index (χ1) is 8.04. The van der Waals surface area contributed by atoms with E-state index in [9.17, 15) is 8.42 Å². The van der Waals surface area contributed by atoms with E-state index in [4.69, 9.17) is 4.74 Å². The SMILES string of the molecule is COc1ccc(S(=O)(=O)C2CCN(C)C2)cc1. The summed E-state index contributed by atoms with van der Waals surface area (Å²) >= 11 is 0. The van der Waals surface area contributed by atoms with E-state index >= 15 is 0 Å². The van der Waals surface area contributed by atoms with Gasteiger partial charge in [-0.3, -0.25) is 0 Å². The molecule has 0 bridgehead atoms. The molecule has 0 spiro atoms. The van der Waals surface area contributed by atoms with Crippen LogP contribution in [0.3, 0.4) is 0 Å². The molecule has 0 aromatic heterocycles. The van der Waals surface area contributed by atoms with Crippen LogP contribution in [0.2, 0.25) is 0 Å². The van der Waals surface area contributed by atoms with Crippen molar-refractivity contribution in [3.63, 3.8) is 0 Å². The van der Waals surface area contributed by atoms with Crippen LogP contribution in [-0.2, 0) is 9.84 Å². The summed E-state index contributed by atoms with van der Waals surface area (Å²) in [7, 11) is 0.319. The number of rotatable bonds is 3. The predicted molar refractivity (Wildman–Crippen MR) is 66.1 cm³/mol. The Morgan fingerprint density at radius 1 is 1.29 bits per heavy atom. The molecule has 0 saturated carbocycles. The Hall–Kier alpha value is -1.07. The quantitative estimate of drug-likeness (QED) is 0.813. The zero-order chi connectivity index (χ0) is 12.5. The summed E-state index contributed by atoms with van der Waals surface area (Å²) in [5.41, 5.74) is 0. The number of hydrogen-bond acceptors (Lipinski definition) is 4. The number of likely N-dealkylation sites (tertiary alicyclic amines) is 1. The second kappa shape index (κ2) is 4.66. The lowest BCUT2D eigenvalue weighted by Crippen LogP contribution is -2.24. The maximum Gasteiger partial charge on any atom is 0.182 e. The number of benzene rings is 1. The summed E-state index contributed by atoms with van der Waals surface area (Å²) in [6.45, 7) is 1.47. The van der Waals surface area contributed by atoms with E-state index in [0.717, 1.165) is 6.54 Å². The van der Waals surface area contributed by atoms with E-state index in [2.05, 4.69) is 0 Å². The van der Waals surface area contributed by atoms with Crippen molar-refractivity contribution in [2.24, 2.45) is 0 Å². The van der Waals surface area contributed by atoms with Gasteiger partial charge in [0.2, 0.25) is 0 Å². The van der Waals surface area contributed by atoms with Crippen molar-refractivity contribution >= 4 is 9.84 Å². The van der Waals surface area contributed by atoms with Crippen LogP contribution in [0.4, 0.5) is 0 Å². The van der Waals surface area contributed by atoms with Gasteiger partial charge >= 0.3 is 0 Å². The molecule has 1 saturated heterocycles. The monoisotopic (exact) mass is 255 g/mol. The molecule has 0 aliphatic carbocycles. The first-order valence-electron chi connectivity index (χ1n) is 5.60. The van der Waals surface area contributed by atoms with Gasteiger partial charge in [-0.15, -0.1) is 0 Å². The van der Waals surface area contributed by atoms with Crippen molar-refractivity contribution in [1.29, 1.82) is 0 Å². The zero-order valence-corrected chi connectivity index (χ0v) is 10.9. The van der Waals surface area contributed by atoms with Crippen molar-refractivity contribution in [3.8, 4) is 5.75 Å². The van der Waals surface area contributed by atoms with Crippen molar-refractivity contribution in [2.45, 2.75) is 16.6 Å². The van der Waals surface area contributed by atoms with Crippen molar-refractivity contribution in [2.75, 3.05) is 27.2 Å². The van der Waals surface area contributed by atoms with E-state index in [1.54, 1.807) is 31.4 Å². The predicted octanol–water partition coefficient (Wildman–Crippen LogP) is 1.17. The maximum absolute atomic E-state index is 12.3. The Kier molecular flexibility index (Phi) is 3.40. The molecule has 17 heavy (non-hydrogen) atoms. The second-order valence-corrected chi connectivity index (χ2v) is 6.62. The minimum atomic E-state index is -3.19. The van der Waals surface area contributed by atoms with E-state index in [1.165, 1.54) is 0 Å². The number of methoxy groups -OCH3 is 1. The molecule has 5 heteroatoms. The second-order valence-electron chi connectivity index (χ2n) is 4.39. The average Bonchev–Trinajstić information content (AvgIpc) is 2.77. The molecule has 1 aromatic rings. The molecule has 0 amide bonds. The van der Waals surface area contributed by atoms with Crippen molar-refractivity contribution in [3.05, 3.63) is 24.3 Å². The highest BCUT2D eigenvalue weighted by Gasteiger charge is 2.32. The van der Waals surface area contributed by atoms with E-state index in [1.807, 2.05) is 11.9 Å². The van der Waals surface area contributed by atoms with E-state index in [-0.39, 0.29) is 5.25 Å². The van der Waals surface area contributed by atoms with Crippen LogP contribution >= 0.6 is 0 Å². The van der Waals surface area contributed by atoms with Gasteiger partial charge in [0.1, 0.15) is 5.75 Å². The highest BCUT2D eigenvalue weighted by molar-refractivity contribution is 7.92. The minimum absolute atomic E-state index is 0.277. The molecular formula is C12H17NO3S. The van der Waals surface area contributed by atoms with Crippen molar-refractivity contribution in [1.82, 2.24) is 4.90 Å². The Balaban J connectivity index is 2.25. The van der Waals surface area contributed by atoms with Gasteiger partial charge in [0, 0.05) is 6.54 Å². The third kappa shape index (κ3) is 2.45. The van der Waals surface area contributed by atoms with Crippen LogP contribution in [0, 0.1) is 0 Å². The molecule has 4 nitrogen and oxygen atoms in total. The summed E-state index contributed by atoms with van der Waals surface area (Å²) in [4.78, 5) is 2.43. The van der Waals surface area contributed by atoms with Crippen LogP contribution in [0.1, 0.15) is 6.42 Å². The lowest BCUT2D eigenvalue weighted by molar-refractivity contribution is 0.414. The lowest BCUT2D eigenvalue weighted by atomic mass is 10.3. The molecule has 0 N–H and O–H groups in total. The van der Waals surface area contributed by atoms with Gasteiger partial charge in [0.15, 0.2) is 9.84 Å². The van der Waals surface area contributed by atoms with Crippen LogP contribution in [0.5, 0.6) is 5.75 Å². The highest BCUT2D eigenvalue weighted by Crippen LogP contribution is 2.24. The summed E-state index contributed by atoms with van der Waals surface area (Å²) in [5, 5.41) is -0.277. The van der Waals surface area contributed by atoms with Gasteiger partial charge in [0.25, 0.3) is 0 Å². The standard InChI is InChI=1S/C12H17NO3S/c1-13-8-7-12(9-13)17(14,15)11-5-3-10(16-2)4-6-11/h3-6,12H,7-9H2,1-2H3. The first-order valence-corrected chi connectivity index (χ1v) is 7.15. The molecule has 1 aromatic carbocycles. The van der Waals surface area contributed by atoms with Crippen LogP contribution in [0.15, 0.2) is 29.2 Å². The Bertz CT molecular complexity index is 481. The highest BCUT2D eigenvalue weighted by atomic mass is 32.2. The fourth-order valence-corrected chi connectivity index (χ4v) is 3.87. The molecule has 1 fully saturated rings. The molecule has 1 heterocycles. The topological polar surface area (TPSA) is 46.6 Å². The molecule has 94 valence electrons. The molecule has 2 rings (SSSR count). The number of hydrogen-bond donors (Lipinski definition) is 0. The minimum Gasteiger partial charge on any atom is -0.497 e. The van der Waals surface area contributed by atoms with Gasteiger partial charge in [-0.25, -0.2) is 8.42 Å². The zero-order valence-electron chi connectivity index (χ0n) is 10.1. The molecule has 1 atom stereocenters. The third-order valence-electron chi connectivity index (χ3n) is 3.17. The third-order valence-corrected chi connectivity index (χ3v) is 5.37. The average molecular weight is 255 g/mol. The summed E-state index contributed by atoms with van der Waals surface area (Å²) < 4.78 is 29.6. The Morgan fingerprint density at radius 2 is 1.94 bits per heavy atom. The van der Waals surface area contributed by atoms with Crippen molar-refractivity contribution < 1.29 is 13.2 Å². The molecule has 1 aliphatic rings. The van der Waals surface area contributed by atoms with E-state index < -0.39 is 9.84 Å². The Morgan fingerprint density at radius 3 is 2.41 bits per heavy atom. The number of ether oxygens (including phenoxy) is 1. The smallest absolute Gasteiger partial charge is 0.182 e. The fourth-order valence-electron chi connectivity index (χ4n) is 2.11. The lowest BCUT2D eigenvalue weighted by Gasteiger charge is -2.12. The Labute approximate surface area is 102 Å². The van der Waals surface area contributed by atoms with Gasteiger partial charge < -0.3 is 9.64 Å². The van der Waals surface area contributed by atoms with Gasteiger partial charge in [-0.1, -0.05) is 0 Å². The van der Waals surface area contributed by atoms with Gasteiger partial charge in [0.05, 0.1) is 17.3 Å². The number of nitrogens with zero attached hydrogens (tertiary/aromatic N) is 1. The molecular weight excluding hydrogens is 238 g/mol. The summed E-state index contributed by atoms with van der Waals surface area (Å²) in [5.74, 6) is 0.674. The van der Waals surface area contributed by atoms with Gasteiger partial charge in [-0.05, 0) is 44.3 Å². The van der Waals surface area contributed by atoms with Crippen LogP contribution < -0.4 is 4.74 Å². The normalized spacial score (nSPS) is 21.6. The maximum atomic E-state index is 12.3. The molecule has 1 aliphatic heterocycles. The molecule has 1 unspecified atom stereocenters. The largest absolute Gasteiger partial charge is 0.497 e. The molecule has 0 radical (unpaired) electrons. The fraction of sp³-hybridized carbons (Fsp3) is 0.500. The van der Waals surface area contributed by atoms with E-state index in [0.29, 0.717) is 23.6 Å². The van der Waals surface area contributed by atoms with Crippen LogP contribution in [0.25, 0.3) is 0 Å². The van der Waals surface area contributed by atoms with Crippen LogP contribution in [-0.4, -0.2) is 45.8 Å². The summed E-state index contributed by atoms with van der Waals surface area (Å²) in [6.07, 6.45) is 0.713. The summed E-state index contributed by atoms with van der Waals surface area (Å²) in [6, 6.07) is 6.61. The first kappa shape index (κ1) is 12.4. The van der Waals surface area contributed by atoms with Gasteiger partial charge in [-0.2, -0.15) is 0 Å².